The summed E-state index contributed by atoms with van der Waals surface area (Å²) in [6.45, 7) is 5.34. The van der Waals surface area contributed by atoms with Crippen molar-refractivity contribution >= 4 is 0 Å². The van der Waals surface area contributed by atoms with Gasteiger partial charge in [-0.25, -0.2) is 0 Å². The molecule has 1 aromatic rings. The Labute approximate surface area is 110 Å². The van der Waals surface area contributed by atoms with Crippen molar-refractivity contribution in [3.63, 3.8) is 0 Å². The molecule has 18 heavy (non-hydrogen) atoms. The third-order valence-electron chi connectivity index (χ3n) is 4.23. The highest BCUT2D eigenvalue weighted by Crippen LogP contribution is 2.26. The molecule has 102 valence electrons. The van der Waals surface area contributed by atoms with Gasteiger partial charge in [0.15, 0.2) is 0 Å². The lowest BCUT2D eigenvalue weighted by Crippen LogP contribution is -2.34. The zero-order valence-corrected chi connectivity index (χ0v) is 11.7. The van der Waals surface area contributed by atoms with E-state index in [-0.39, 0.29) is 0 Å². The molecule has 0 spiro atoms. The first-order chi connectivity index (χ1) is 8.74. The van der Waals surface area contributed by atoms with Crippen LogP contribution in [0.25, 0.3) is 0 Å². The Bertz CT molecular complexity index is 360. The van der Waals surface area contributed by atoms with Crippen molar-refractivity contribution in [2.75, 3.05) is 19.6 Å². The van der Waals surface area contributed by atoms with E-state index in [1.807, 2.05) is 17.9 Å². The fourth-order valence-corrected chi connectivity index (χ4v) is 3.02. The summed E-state index contributed by atoms with van der Waals surface area (Å²) in [7, 11) is 1.96. The van der Waals surface area contributed by atoms with E-state index in [4.69, 9.17) is 5.73 Å². The minimum absolute atomic E-state index is 0.342. The Balaban J connectivity index is 2.03. The van der Waals surface area contributed by atoms with Gasteiger partial charge in [0.25, 0.3) is 0 Å². The van der Waals surface area contributed by atoms with E-state index in [2.05, 4.69) is 23.1 Å². The summed E-state index contributed by atoms with van der Waals surface area (Å²) in [5, 5.41) is 4.27. The highest BCUT2D eigenvalue weighted by atomic mass is 15.3. The first-order valence-electron chi connectivity index (χ1n) is 7.17. The number of rotatable bonds is 4. The summed E-state index contributed by atoms with van der Waals surface area (Å²) < 4.78 is 1.87. The largest absolute Gasteiger partial charge is 0.329 e. The van der Waals surface area contributed by atoms with E-state index >= 15 is 0 Å². The Morgan fingerprint density at radius 1 is 1.44 bits per heavy atom. The van der Waals surface area contributed by atoms with Crippen LogP contribution < -0.4 is 5.73 Å². The fourth-order valence-electron chi connectivity index (χ4n) is 3.02. The topological polar surface area (TPSA) is 47.1 Å². The molecule has 0 aromatic carbocycles. The predicted molar refractivity (Wildman–Crippen MR) is 74.2 cm³/mol. The van der Waals surface area contributed by atoms with Gasteiger partial charge in [-0.1, -0.05) is 13.3 Å². The van der Waals surface area contributed by atoms with Gasteiger partial charge in [-0.15, -0.1) is 0 Å². The molecular formula is C14H26N4. The zero-order valence-electron chi connectivity index (χ0n) is 11.7. The van der Waals surface area contributed by atoms with E-state index in [0.717, 1.165) is 5.92 Å². The molecule has 0 amide bonds. The second-order valence-corrected chi connectivity index (χ2v) is 5.44. The molecule has 1 saturated heterocycles. The van der Waals surface area contributed by atoms with Crippen LogP contribution in [0.15, 0.2) is 12.4 Å². The smallest absolute Gasteiger partial charge is 0.0538 e. The van der Waals surface area contributed by atoms with Gasteiger partial charge < -0.3 is 5.73 Å². The van der Waals surface area contributed by atoms with Crippen LogP contribution in [0.1, 0.15) is 44.2 Å². The van der Waals surface area contributed by atoms with Crippen LogP contribution in [0.5, 0.6) is 0 Å². The maximum Gasteiger partial charge on any atom is 0.0538 e. The van der Waals surface area contributed by atoms with E-state index in [1.54, 1.807) is 0 Å². The van der Waals surface area contributed by atoms with Crippen molar-refractivity contribution < 1.29 is 0 Å². The molecule has 1 aliphatic rings. The summed E-state index contributed by atoms with van der Waals surface area (Å²) in [5.41, 5.74) is 7.24. The van der Waals surface area contributed by atoms with Gasteiger partial charge in [-0.05, 0) is 38.3 Å². The Kier molecular flexibility index (Phi) is 4.78. The maximum atomic E-state index is 5.98. The molecule has 2 N–H and O–H groups in total. The minimum atomic E-state index is 0.342. The molecule has 1 fully saturated rings. The van der Waals surface area contributed by atoms with Crippen LogP contribution in [0.2, 0.25) is 0 Å². The monoisotopic (exact) mass is 250 g/mol. The first-order valence-corrected chi connectivity index (χ1v) is 7.17. The van der Waals surface area contributed by atoms with E-state index in [9.17, 15) is 0 Å². The molecule has 2 unspecified atom stereocenters. The lowest BCUT2D eigenvalue weighted by Gasteiger charge is -2.29. The van der Waals surface area contributed by atoms with Gasteiger partial charge in [0.05, 0.1) is 12.2 Å². The number of nitrogens with zero attached hydrogens (tertiary/aromatic N) is 3. The van der Waals surface area contributed by atoms with Gasteiger partial charge in [0, 0.05) is 25.4 Å². The van der Waals surface area contributed by atoms with Crippen LogP contribution in [0, 0.1) is 5.92 Å². The zero-order chi connectivity index (χ0) is 13.0. The lowest BCUT2D eigenvalue weighted by atomic mass is 9.98. The standard InChI is InChI=1S/C14H26N4/c1-3-12-5-4-7-18(8-6-12)14(9-15)13-10-16-17(2)11-13/h10-12,14H,3-9,15H2,1-2H3. The van der Waals surface area contributed by atoms with E-state index < -0.39 is 0 Å². The molecule has 2 heterocycles. The molecule has 1 aromatic heterocycles. The van der Waals surface area contributed by atoms with Crippen molar-refractivity contribution in [3.05, 3.63) is 18.0 Å². The van der Waals surface area contributed by atoms with Crippen molar-refractivity contribution in [1.29, 1.82) is 0 Å². The highest BCUT2D eigenvalue weighted by Gasteiger charge is 2.23. The number of hydrogen-bond acceptors (Lipinski definition) is 3. The number of likely N-dealkylation sites (tertiary alicyclic amines) is 1. The highest BCUT2D eigenvalue weighted by molar-refractivity contribution is 5.11. The fraction of sp³-hybridized carbons (Fsp3) is 0.786. The molecule has 0 bridgehead atoms. The quantitative estimate of drug-likeness (QED) is 0.888. The summed E-state index contributed by atoms with van der Waals surface area (Å²) in [6, 6.07) is 0.342. The van der Waals surface area contributed by atoms with Gasteiger partial charge in [-0.2, -0.15) is 5.10 Å². The van der Waals surface area contributed by atoms with Gasteiger partial charge in [-0.3, -0.25) is 9.58 Å². The molecule has 4 heteroatoms. The molecule has 2 rings (SSSR count). The molecule has 0 radical (unpaired) electrons. The van der Waals surface area contributed by atoms with Gasteiger partial charge >= 0.3 is 0 Å². The van der Waals surface area contributed by atoms with Crippen LogP contribution in [-0.2, 0) is 7.05 Å². The maximum absolute atomic E-state index is 5.98. The molecule has 1 aliphatic heterocycles. The lowest BCUT2D eigenvalue weighted by molar-refractivity contribution is 0.206. The number of aryl methyl sites for hydroxylation is 1. The third-order valence-corrected chi connectivity index (χ3v) is 4.23. The molecule has 4 nitrogen and oxygen atoms in total. The first kappa shape index (κ1) is 13.6. The summed E-state index contributed by atoms with van der Waals surface area (Å²) in [5.74, 6) is 0.905. The molecule has 2 atom stereocenters. The van der Waals surface area contributed by atoms with Gasteiger partial charge in [0.2, 0.25) is 0 Å². The average molecular weight is 250 g/mol. The van der Waals surface area contributed by atoms with Crippen molar-refractivity contribution in [1.82, 2.24) is 14.7 Å². The normalized spacial score (nSPS) is 23.8. The summed E-state index contributed by atoms with van der Waals surface area (Å²) >= 11 is 0. The van der Waals surface area contributed by atoms with Crippen LogP contribution in [-0.4, -0.2) is 34.3 Å². The van der Waals surface area contributed by atoms with E-state index in [0.29, 0.717) is 12.6 Å². The SMILES string of the molecule is CCC1CCCN(C(CN)c2cnn(C)c2)CC1. The predicted octanol–water partition coefficient (Wildman–Crippen LogP) is 1.93. The van der Waals surface area contributed by atoms with Crippen molar-refractivity contribution in [3.8, 4) is 0 Å². The van der Waals surface area contributed by atoms with E-state index in [1.165, 1.54) is 44.3 Å². The third kappa shape index (κ3) is 3.12. The van der Waals surface area contributed by atoms with Crippen molar-refractivity contribution in [2.45, 2.75) is 38.6 Å². The average Bonchev–Trinajstić information content (AvgIpc) is 2.66. The number of aromatic nitrogens is 2. The molecule has 0 aliphatic carbocycles. The van der Waals surface area contributed by atoms with Crippen LogP contribution >= 0.6 is 0 Å². The summed E-state index contributed by atoms with van der Waals surface area (Å²) in [4.78, 5) is 2.55. The Morgan fingerprint density at radius 2 is 2.28 bits per heavy atom. The Hall–Kier alpha value is -0.870. The molecule has 0 saturated carbocycles. The second-order valence-electron chi connectivity index (χ2n) is 5.44. The number of nitrogens with two attached hydrogens (primary N) is 1. The van der Waals surface area contributed by atoms with Crippen LogP contribution in [0.3, 0.4) is 0 Å². The van der Waals surface area contributed by atoms with Gasteiger partial charge in [0.1, 0.15) is 0 Å². The Morgan fingerprint density at radius 3 is 2.89 bits per heavy atom. The summed E-state index contributed by atoms with van der Waals surface area (Å²) in [6.07, 6.45) is 9.35. The second kappa shape index (κ2) is 6.34. The van der Waals surface area contributed by atoms with Crippen LogP contribution in [0.4, 0.5) is 0 Å². The van der Waals surface area contributed by atoms with Crippen molar-refractivity contribution in [2.24, 2.45) is 18.7 Å². The minimum Gasteiger partial charge on any atom is -0.329 e. The number of hydrogen-bond donors (Lipinski definition) is 1. The molecular weight excluding hydrogens is 224 g/mol.